The predicted molar refractivity (Wildman–Crippen MR) is 173 cm³/mol. The van der Waals surface area contributed by atoms with Crippen LogP contribution >= 0.6 is 0 Å². The van der Waals surface area contributed by atoms with Gasteiger partial charge in [0.2, 0.25) is 0 Å². The van der Waals surface area contributed by atoms with Crippen molar-refractivity contribution in [2.75, 3.05) is 4.90 Å². The average Bonchev–Trinajstić information content (AvgIpc) is 3.36. The molecule has 6 aromatic rings. The van der Waals surface area contributed by atoms with Gasteiger partial charge >= 0.3 is 0 Å². The number of para-hydroxylation sites is 4. The SMILES string of the molecule is CC1(C)c2ccccc2N(c2ccc(C3=Cc4c(n(-c5ccccc5)c5ccccc45)CC3)cc2)c2ccccc21. The Kier molecular flexibility index (Phi) is 5.33. The maximum absolute atomic E-state index is 2.45. The van der Waals surface area contributed by atoms with Crippen molar-refractivity contribution in [2.24, 2.45) is 0 Å². The third-order valence-corrected chi connectivity index (χ3v) is 9.11. The molecule has 41 heavy (non-hydrogen) atoms. The normalized spacial score (nSPS) is 15.2. The summed E-state index contributed by atoms with van der Waals surface area (Å²) in [6.07, 6.45) is 4.48. The zero-order valence-electron chi connectivity index (χ0n) is 23.5. The van der Waals surface area contributed by atoms with Crippen LogP contribution in [0.1, 0.15) is 48.2 Å². The zero-order valence-corrected chi connectivity index (χ0v) is 23.5. The van der Waals surface area contributed by atoms with Gasteiger partial charge in [-0.1, -0.05) is 98.8 Å². The standard InChI is InChI=1S/C39H32N2/c1-39(2)33-15-7-10-18-37(33)41(38-19-11-8-16-34(38)39)30-23-20-27(21-24-30)28-22-25-36-32(26-28)31-14-6-9-17-35(31)40(36)29-12-4-3-5-13-29/h3-21,23-24,26H,22,25H2,1-2H3. The number of allylic oxidation sites excluding steroid dienone is 1. The van der Waals surface area contributed by atoms with Gasteiger partial charge in [0.05, 0.1) is 16.9 Å². The first-order chi connectivity index (χ1) is 20.1. The van der Waals surface area contributed by atoms with Gasteiger partial charge in [0.25, 0.3) is 0 Å². The fraction of sp³-hybridized carbons (Fsp3) is 0.128. The third-order valence-electron chi connectivity index (χ3n) is 9.11. The van der Waals surface area contributed by atoms with Crippen LogP contribution in [0, 0.1) is 0 Å². The number of benzene rings is 5. The molecular formula is C39H32N2. The maximum Gasteiger partial charge on any atom is 0.0537 e. The van der Waals surface area contributed by atoms with Crippen molar-refractivity contribution >= 4 is 39.6 Å². The Morgan fingerprint density at radius 1 is 0.561 bits per heavy atom. The molecule has 0 saturated heterocycles. The van der Waals surface area contributed by atoms with Gasteiger partial charge in [-0.15, -0.1) is 0 Å². The molecule has 2 aliphatic rings. The maximum atomic E-state index is 2.45. The Bertz CT molecular complexity index is 1910. The van der Waals surface area contributed by atoms with Gasteiger partial charge < -0.3 is 9.47 Å². The summed E-state index contributed by atoms with van der Waals surface area (Å²) >= 11 is 0. The van der Waals surface area contributed by atoms with Gasteiger partial charge in [0, 0.05) is 33.4 Å². The van der Waals surface area contributed by atoms with E-state index in [1.807, 2.05) is 0 Å². The van der Waals surface area contributed by atoms with E-state index in [0.29, 0.717) is 0 Å². The van der Waals surface area contributed by atoms with Crippen LogP contribution in [0.25, 0.3) is 28.2 Å². The van der Waals surface area contributed by atoms with E-state index in [-0.39, 0.29) is 5.41 Å². The van der Waals surface area contributed by atoms with Crippen molar-refractivity contribution in [1.82, 2.24) is 4.57 Å². The molecular weight excluding hydrogens is 496 g/mol. The van der Waals surface area contributed by atoms with E-state index in [4.69, 9.17) is 0 Å². The summed E-state index contributed by atoms with van der Waals surface area (Å²) in [4.78, 5) is 2.43. The lowest BCUT2D eigenvalue weighted by atomic mass is 9.73. The minimum Gasteiger partial charge on any atom is -0.313 e. The molecule has 2 heterocycles. The topological polar surface area (TPSA) is 8.17 Å². The van der Waals surface area contributed by atoms with Crippen molar-refractivity contribution in [2.45, 2.75) is 32.1 Å². The minimum atomic E-state index is -0.0484. The van der Waals surface area contributed by atoms with Crippen LogP contribution in [0.3, 0.4) is 0 Å². The second-order valence-electron chi connectivity index (χ2n) is 11.8. The molecule has 8 rings (SSSR count). The first-order valence-electron chi connectivity index (χ1n) is 14.6. The summed E-state index contributed by atoms with van der Waals surface area (Å²) < 4.78 is 2.45. The van der Waals surface area contributed by atoms with E-state index in [1.54, 1.807) is 0 Å². The molecule has 0 fully saturated rings. The van der Waals surface area contributed by atoms with Gasteiger partial charge in [-0.2, -0.15) is 0 Å². The van der Waals surface area contributed by atoms with E-state index in [2.05, 4.69) is 157 Å². The van der Waals surface area contributed by atoms with Crippen LogP contribution < -0.4 is 4.90 Å². The molecule has 2 nitrogen and oxygen atoms in total. The van der Waals surface area contributed by atoms with E-state index in [9.17, 15) is 0 Å². The first-order valence-corrected chi connectivity index (χ1v) is 14.6. The molecule has 0 unspecified atom stereocenters. The van der Waals surface area contributed by atoms with Crippen LogP contribution in [0.4, 0.5) is 17.1 Å². The van der Waals surface area contributed by atoms with Gasteiger partial charge in [0.15, 0.2) is 0 Å². The van der Waals surface area contributed by atoms with E-state index in [0.717, 1.165) is 12.8 Å². The number of hydrogen-bond acceptors (Lipinski definition) is 1. The molecule has 0 amide bonds. The molecule has 1 aliphatic carbocycles. The van der Waals surface area contributed by atoms with Crippen molar-refractivity contribution in [3.8, 4) is 5.69 Å². The predicted octanol–water partition coefficient (Wildman–Crippen LogP) is 10.2. The average molecular weight is 529 g/mol. The number of aromatic nitrogens is 1. The van der Waals surface area contributed by atoms with E-state index >= 15 is 0 Å². The minimum absolute atomic E-state index is 0.0484. The summed E-state index contributed by atoms with van der Waals surface area (Å²) in [7, 11) is 0. The smallest absolute Gasteiger partial charge is 0.0537 e. The Morgan fingerprint density at radius 3 is 1.88 bits per heavy atom. The number of anilines is 3. The van der Waals surface area contributed by atoms with E-state index in [1.165, 1.54) is 67.2 Å². The molecule has 0 radical (unpaired) electrons. The molecule has 0 N–H and O–H groups in total. The third kappa shape index (κ3) is 3.64. The fourth-order valence-corrected chi connectivity index (χ4v) is 7.10. The molecule has 2 heteroatoms. The molecule has 1 aromatic heterocycles. The summed E-state index contributed by atoms with van der Waals surface area (Å²) in [5.41, 5.74) is 14.4. The molecule has 198 valence electrons. The Hall–Kier alpha value is -4.82. The number of hydrogen-bond donors (Lipinski definition) is 0. The van der Waals surface area contributed by atoms with Crippen LogP contribution in [0.5, 0.6) is 0 Å². The molecule has 0 saturated carbocycles. The first kappa shape index (κ1) is 24.0. The van der Waals surface area contributed by atoms with Crippen LogP contribution in [0.15, 0.2) is 127 Å². The number of fused-ring (bicyclic) bond motifs is 5. The van der Waals surface area contributed by atoms with Crippen molar-refractivity contribution in [3.63, 3.8) is 0 Å². The Balaban J connectivity index is 1.21. The monoisotopic (exact) mass is 528 g/mol. The van der Waals surface area contributed by atoms with Gasteiger partial charge in [-0.3, -0.25) is 0 Å². The number of rotatable bonds is 3. The highest BCUT2D eigenvalue weighted by Gasteiger charge is 2.36. The van der Waals surface area contributed by atoms with Crippen LogP contribution in [-0.2, 0) is 11.8 Å². The second kappa shape index (κ2) is 9.11. The summed E-state index contributed by atoms with van der Waals surface area (Å²) in [5, 5.41) is 1.32. The highest BCUT2D eigenvalue weighted by atomic mass is 15.2. The zero-order chi connectivity index (χ0) is 27.6. The summed E-state index contributed by atoms with van der Waals surface area (Å²) in [6.45, 7) is 4.67. The molecule has 0 spiro atoms. The van der Waals surface area contributed by atoms with E-state index < -0.39 is 0 Å². The highest BCUT2D eigenvalue weighted by molar-refractivity contribution is 5.99. The van der Waals surface area contributed by atoms with Crippen molar-refractivity contribution in [3.05, 3.63) is 155 Å². The fourth-order valence-electron chi connectivity index (χ4n) is 7.10. The lowest BCUT2D eigenvalue weighted by molar-refractivity contribution is 0.632. The lowest BCUT2D eigenvalue weighted by Gasteiger charge is -2.42. The second-order valence-corrected chi connectivity index (χ2v) is 11.8. The quantitative estimate of drug-likeness (QED) is 0.222. The number of nitrogens with zero attached hydrogens (tertiary/aromatic N) is 2. The van der Waals surface area contributed by atoms with Crippen molar-refractivity contribution in [1.29, 1.82) is 0 Å². The van der Waals surface area contributed by atoms with Crippen molar-refractivity contribution < 1.29 is 0 Å². The Labute approximate surface area is 241 Å². The molecule has 1 aliphatic heterocycles. The molecule has 0 atom stereocenters. The Morgan fingerprint density at radius 2 is 1.17 bits per heavy atom. The molecule has 0 bridgehead atoms. The highest BCUT2D eigenvalue weighted by Crippen LogP contribution is 2.51. The van der Waals surface area contributed by atoms with Gasteiger partial charge in [-0.05, 0) is 83.6 Å². The largest absolute Gasteiger partial charge is 0.313 e. The van der Waals surface area contributed by atoms with Gasteiger partial charge in [0.1, 0.15) is 0 Å². The lowest BCUT2D eigenvalue weighted by Crippen LogP contribution is -2.30. The van der Waals surface area contributed by atoms with Crippen LogP contribution in [0.2, 0.25) is 0 Å². The molecule has 5 aromatic carbocycles. The van der Waals surface area contributed by atoms with Gasteiger partial charge in [-0.25, -0.2) is 0 Å². The van der Waals surface area contributed by atoms with Crippen LogP contribution in [-0.4, -0.2) is 4.57 Å². The summed E-state index contributed by atoms with van der Waals surface area (Å²) in [6, 6.07) is 46.5. The summed E-state index contributed by atoms with van der Waals surface area (Å²) in [5.74, 6) is 0.